The Hall–Kier alpha value is -2.84. The normalized spacial score (nSPS) is 25.2. The summed E-state index contributed by atoms with van der Waals surface area (Å²) in [7, 11) is 2.93. The maximum absolute atomic E-state index is 12.6. The van der Waals surface area contributed by atoms with Crippen LogP contribution in [0.5, 0.6) is 5.75 Å². The Labute approximate surface area is 146 Å². The van der Waals surface area contributed by atoms with Gasteiger partial charge >= 0.3 is 5.97 Å². The Morgan fingerprint density at radius 1 is 1.16 bits per heavy atom. The van der Waals surface area contributed by atoms with Crippen LogP contribution in [0, 0.1) is 17.2 Å². The van der Waals surface area contributed by atoms with Gasteiger partial charge in [0.05, 0.1) is 26.2 Å². The summed E-state index contributed by atoms with van der Waals surface area (Å²) < 4.78 is 16.4. The van der Waals surface area contributed by atoms with Gasteiger partial charge in [-0.1, -0.05) is 42.5 Å². The number of esters is 1. The van der Waals surface area contributed by atoms with E-state index in [1.807, 2.05) is 54.6 Å². The molecule has 1 saturated heterocycles. The molecule has 0 spiro atoms. The minimum absolute atomic E-state index is 0.247. The molecule has 5 nitrogen and oxygen atoms in total. The van der Waals surface area contributed by atoms with Gasteiger partial charge in [-0.3, -0.25) is 0 Å². The molecule has 0 aliphatic carbocycles. The fraction of sp³-hybridized carbons (Fsp3) is 0.300. The van der Waals surface area contributed by atoms with E-state index in [9.17, 15) is 10.1 Å². The van der Waals surface area contributed by atoms with Crippen molar-refractivity contribution in [2.75, 3.05) is 14.2 Å². The molecule has 3 rings (SSSR count). The zero-order valence-electron chi connectivity index (χ0n) is 14.1. The van der Waals surface area contributed by atoms with Crippen LogP contribution in [0.15, 0.2) is 54.6 Å². The summed E-state index contributed by atoms with van der Waals surface area (Å²) in [5, 5.41) is 9.63. The summed E-state index contributed by atoms with van der Waals surface area (Å²) in [6.45, 7) is 0. The van der Waals surface area contributed by atoms with Crippen LogP contribution in [0.4, 0.5) is 0 Å². The standard InChI is InChI=1S/C20H19NO4/c1-23-17-10-8-14(9-11-17)18-15(13-21)12-20(25-18,19(22)24-2)16-6-4-3-5-7-16/h3-11,15,18H,12H2,1-2H3/t15-,18-,20?/m0/s1. The molecule has 5 heteroatoms. The van der Waals surface area contributed by atoms with E-state index >= 15 is 0 Å². The maximum atomic E-state index is 12.6. The lowest BCUT2D eigenvalue weighted by molar-refractivity contribution is -0.170. The lowest BCUT2D eigenvalue weighted by atomic mass is 9.85. The predicted molar refractivity (Wildman–Crippen MR) is 90.7 cm³/mol. The van der Waals surface area contributed by atoms with Crippen LogP contribution in [0.3, 0.4) is 0 Å². The highest BCUT2D eigenvalue weighted by molar-refractivity contribution is 5.82. The SMILES string of the molecule is COC(=O)C1(c2ccccc2)C[C@@H](C#N)[C@H](c2ccc(OC)cc2)O1. The molecule has 128 valence electrons. The third kappa shape index (κ3) is 2.97. The van der Waals surface area contributed by atoms with Gasteiger partial charge in [0.1, 0.15) is 11.9 Å². The van der Waals surface area contributed by atoms with Crippen molar-refractivity contribution in [3.05, 3.63) is 65.7 Å². The van der Waals surface area contributed by atoms with Gasteiger partial charge < -0.3 is 14.2 Å². The lowest BCUT2D eigenvalue weighted by Gasteiger charge is -2.27. The summed E-state index contributed by atoms with van der Waals surface area (Å²) >= 11 is 0. The molecule has 0 bridgehead atoms. The van der Waals surface area contributed by atoms with Crippen LogP contribution in [-0.4, -0.2) is 20.2 Å². The van der Waals surface area contributed by atoms with E-state index in [-0.39, 0.29) is 6.42 Å². The Kier molecular flexibility index (Phi) is 4.73. The second-order valence-electron chi connectivity index (χ2n) is 5.94. The monoisotopic (exact) mass is 337 g/mol. The predicted octanol–water partition coefficient (Wildman–Crippen LogP) is 3.36. The van der Waals surface area contributed by atoms with Crippen LogP contribution >= 0.6 is 0 Å². The quantitative estimate of drug-likeness (QED) is 0.800. The molecule has 1 fully saturated rings. The van der Waals surface area contributed by atoms with Crippen LogP contribution in [-0.2, 0) is 19.9 Å². The first kappa shape index (κ1) is 17.0. The van der Waals surface area contributed by atoms with Gasteiger partial charge in [0.15, 0.2) is 5.60 Å². The zero-order valence-corrected chi connectivity index (χ0v) is 14.1. The van der Waals surface area contributed by atoms with Gasteiger partial charge in [0.25, 0.3) is 0 Å². The van der Waals surface area contributed by atoms with Crippen LogP contribution in [0.1, 0.15) is 23.7 Å². The first-order chi connectivity index (χ1) is 12.1. The number of carbonyl (C=O) groups excluding carboxylic acids is 1. The molecule has 0 aromatic heterocycles. The van der Waals surface area contributed by atoms with Crippen LogP contribution in [0.25, 0.3) is 0 Å². The zero-order chi connectivity index (χ0) is 17.9. The third-order valence-corrected chi connectivity index (χ3v) is 4.57. The Morgan fingerprint density at radius 3 is 2.40 bits per heavy atom. The van der Waals surface area contributed by atoms with E-state index in [1.54, 1.807) is 7.11 Å². The van der Waals surface area contributed by atoms with Crippen molar-refractivity contribution in [3.63, 3.8) is 0 Å². The molecule has 0 amide bonds. The van der Waals surface area contributed by atoms with Crippen molar-refractivity contribution in [1.29, 1.82) is 5.26 Å². The molecule has 2 aromatic rings. The number of nitriles is 1. The fourth-order valence-electron chi connectivity index (χ4n) is 3.28. The Balaban J connectivity index is 2.02. The smallest absolute Gasteiger partial charge is 0.342 e. The molecule has 0 N–H and O–H groups in total. The summed E-state index contributed by atoms with van der Waals surface area (Å²) in [5.74, 6) is -0.236. The average Bonchev–Trinajstić information content (AvgIpc) is 3.09. The van der Waals surface area contributed by atoms with Gasteiger partial charge in [-0.15, -0.1) is 0 Å². The lowest BCUT2D eigenvalue weighted by Crippen LogP contribution is -2.36. The molecule has 3 atom stereocenters. The fourth-order valence-corrected chi connectivity index (χ4v) is 3.28. The van der Waals surface area contributed by atoms with Crippen molar-refractivity contribution >= 4 is 5.97 Å². The number of rotatable bonds is 4. The molecule has 1 heterocycles. The van der Waals surface area contributed by atoms with Crippen molar-refractivity contribution in [2.45, 2.75) is 18.1 Å². The Morgan fingerprint density at radius 2 is 1.84 bits per heavy atom. The van der Waals surface area contributed by atoms with Gasteiger partial charge in [-0.05, 0) is 23.3 Å². The number of nitrogens with zero attached hydrogens (tertiary/aromatic N) is 1. The second kappa shape index (κ2) is 6.96. The molecular weight excluding hydrogens is 318 g/mol. The molecule has 1 aliphatic rings. The highest BCUT2D eigenvalue weighted by Gasteiger charge is 2.54. The second-order valence-corrected chi connectivity index (χ2v) is 5.94. The molecule has 1 unspecified atom stereocenters. The van der Waals surface area contributed by atoms with Crippen molar-refractivity contribution < 1.29 is 19.0 Å². The van der Waals surface area contributed by atoms with Crippen LogP contribution in [0.2, 0.25) is 0 Å². The maximum Gasteiger partial charge on any atom is 0.342 e. The van der Waals surface area contributed by atoms with E-state index < -0.39 is 23.6 Å². The highest BCUT2D eigenvalue weighted by atomic mass is 16.6. The summed E-state index contributed by atoms with van der Waals surface area (Å²) in [5.41, 5.74) is 0.244. The number of hydrogen-bond donors (Lipinski definition) is 0. The van der Waals surface area contributed by atoms with Gasteiger partial charge in [-0.2, -0.15) is 5.26 Å². The molecule has 25 heavy (non-hydrogen) atoms. The molecule has 0 saturated carbocycles. The molecule has 0 radical (unpaired) electrons. The van der Waals surface area contributed by atoms with E-state index in [0.717, 1.165) is 11.3 Å². The number of hydrogen-bond acceptors (Lipinski definition) is 5. The summed E-state index contributed by atoms with van der Waals surface area (Å²) in [6, 6.07) is 18.8. The van der Waals surface area contributed by atoms with Crippen molar-refractivity contribution in [1.82, 2.24) is 0 Å². The van der Waals surface area contributed by atoms with E-state index in [4.69, 9.17) is 14.2 Å². The minimum Gasteiger partial charge on any atom is -0.497 e. The topological polar surface area (TPSA) is 68.6 Å². The molecule has 1 aliphatic heterocycles. The molecule has 2 aromatic carbocycles. The first-order valence-corrected chi connectivity index (χ1v) is 8.00. The van der Waals surface area contributed by atoms with E-state index in [2.05, 4.69) is 6.07 Å². The highest BCUT2D eigenvalue weighted by Crippen LogP contribution is 2.49. The van der Waals surface area contributed by atoms with Crippen LogP contribution < -0.4 is 4.74 Å². The third-order valence-electron chi connectivity index (χ3n) is 4.57. The minimum atomic E-state index is -1.28. The van der Waals surface area contributed by atoms with Gasteiger partial charge in [0.2, 0.25) is 0 Å². The number of ether oxygens (including phenoxy) is 3. The van der Waals surface area contributed by atoms with Crippen molar-refractivity contribution in [3.8, 4) is 11.8 Å². The van der Waals surface area contributed by atoms with E-state index in [0.29, 0.717) is 5.56 Å². The summed E-state index contributed by atoms with van der Waals surface area (Å²) in [4.78, 5) is 12.6. The Bertz CT molecular complexity index is 782. The average molecular weight is 337 g/mol. The van der Waals surface area contributed by atoms with Gasteiger partial charge in [-0.25, -0.2) is 4.79 Å². The number of methoxy groups -OCH3 is 2. The summed E-state index contributed by atoms with van der Waals surface area (Å²) in [6.07, 6.45) is -0.271. The largest absolute Gasteiger partial charge is 0.497 e. The first-order valence-electron chi connectivity index (χ1n) is 8.00. The van der Waals surface area contributed by atoms with Gasteiger partial charge in [0, 0.05) is 6.42 Å². The number of carbonyl (C=O) groups is 1. The molecular formula is C20H19NO4. The van der Waals surface area contributed by atoms with E-state index in [1.165, 1.54) is 7.11 Å². The number of benzene rings is 2. The van der Waals surface area contributed by atoms with Crippen molar-refractivity contribution in [2.24, 2.45) is 5.92 Å².